The molecule has 19 heavy (non-hydrogen) atoms. The van der Waals surface area contributed by atoms with Crippen LogP contribution in [0.5, 0.6) is 0 Å². The normalized spacial score (nSPS) is 21.8. The fraction of sp³-hybridized carbons (Fsp3) is 0.571. The molecule has 0 radical (unpaired) electrons. The Morgan fingerprint density at radius 2 is 2.47 bits per heavy atom. The van der Waals surface area contributed by atoms with Crippen LogP contribution in [0.3, 0.4) is 0 Å². The molecule has 1 aliphatic heterocycles. The Labute approximate surface area is 117 Å². The topological polar surface area (TPSA) is 53.4 Å². The summed E-state index contributed by atoms with van der Waals surface area (Å²) in [7, 11) is 0. The number of amides is 1. The van der Waals surface area contributed by atoms with Crippen molar-refractivity contribution in [2.75, 3.05) is 13.1 Å². The van der Waals surface area contributed by atoms with Crippen molar-refractivity contribution < 1.29 is 9.90 Å². The lowest BCUT2D eigenvalue weighted by Crippen LogP contribution is -2.42. The zero-order valence-electron chi connectivity index (χ0n) is 11.4. The molecule has 1 N–H and O–H groups in total. The number of hydrogen-bond donors (Lipinski definition) is 1. The monoisotopic (exact) mass is 280 g/mol. The molecule has 0 aromatic carbocycles. The van der Waals surface area contributed by atoms with E-state index < -0.39 is 0 Å². The predicted octanol–water partition coefficient (Wildman–Crippen LogP) is 2.08. The SMILES string of the molecule is Cc1ncc(/C=C/C(=O)N2CCCC(C(C)O)C2)s1. The first-order chi connectivity index (χ1) is 9.06. The van der Waals surface area contributed by atoms with Crippen molar-refractivity contribution in [3.8, 4) is 0 Å². The zero-order chi connectivity index (χ0) is 13.8. The van der Waals surface area contributed by atoms with Crippen LogP contribution in [0.2, 0.25) is 0 Å². The number of thiazole rings is 1. The highest BCUT2D eigenvalue weighted by molar-refractivity contribution is 7.12. The minimum atomic E-state index is -0.344. The Kier molecular flexibility index (Phi) is 4.71. The van der Waals surface area contributed by atoms with Gasteiger partial charge in [-0.3, -0.25) is 4.79 Å². The summed E-state index contributed by atoms with van der Waals surface area (Å²) in [5.41, 5.74) is 0. The van der Waals surface area contributed by atoms with Gasteiger partial charge in [-0.15, -0.1) is 11.3 Å². The number of aromatic nitrogens is 1. The standard InChI is InChI=1S/C14H20N2O2S/c1-10(17)12-4-3-7-16(9-12)14(18)6-5-13-8-15-11(2)19-13/h5-6,8,10,12,17H,3-4,7,9H2,1-2H3/b6-5+. The Morgan fingerprint density at radius 3 is 3.11 bits per heavy atom. The van der Waals surface area contributed by atoms with Gasteiger partial charge in [0.15, 0.2) is 0 Å². The minimum absolute atomic E-state index is 0.0244. The molecule has 4 nitrogen and oxygen atoms in total. The molecule has 1 aromatic heterocycles. The summed E-state index contributed by atoms with van der Waals surface area (Å²) < 4.78 is 0. The fourth-order valence-electron chi connectivity index (χ4n) is 2.32. The molecule has 5 heteroatoms. The van der Waals surface area contributed by atoms with Crippen molar-refractivity contribution in [1.29, 1.82) is 0 Å². The van der Waals surface area contributed by atoms with Crippen LogP contribution in [0.15, 0.2) is 12.3 Å². The summed E-state index contributed by atoms with van der Waals surface area (Å²) in [5.74, 6) is 0.230. The van der Waals surface area contributed by atoms with Gasteiger partial charge in [0.2, 0.25) is 5.91 Å². The van der Waals surface area contributed by atoms with Crippen molar-refractivity contribution in [3.05, 3.63) is 22.2 Å². The van der Waals surface area contributed by atoms with Crippen LogP contribution in [0.1, 0.15) is 29.7 Å². The summed E-state index contributed by atoms with van der Waals surface area (Å²) in [6.45, 7) is 5.19. The third-order valence-corrected chi connectivity index (χ3v) is 4.36. The summed E-state index contributed by atoms with van der Waals surface area (Å²) in [5, 5.41) is 10.6. The maximum absolute atomic E-state index is 12.1. The van der Waals surface area contributed by atoms with Crippen molar-refractivity contribution >= 4 is 23.3 Å². The molecule has 0 spiro atoms. The number of carbonyl (C=O) groups is 1. The van der Waals surface area contributed by atoms with Gasteiger partial charge < -0.3 is 10.0 Å². The molecule has 2 rings (SSSR count). The number of hydrogen-bond acceptors (Lipinski definition) is 4. The smallest absolute Gasteiger partial charge is 0.246 e. The van der Waals surface area contributed by atoms with Crippen LogP contribution in [-0.4, -0.2) is 40.1 Å². The van der Waals surface area contributed by atoms with Gasteiger partial charge >= 0.3 is 0 Å². The van der Waals surface area contributed by atoms with Crippen molar-refractivity contribution in [1.82, 2.24) is 9.88 Å². The van der Waals surface area contributed by atoms with Gasteiger partial charge in [0, 0.05) is 36.2 Å². The van der Waals surface area contributed by atoms with Crippen LogP contribution < -0.4 is 0 Å². The molecule has 0 saturated carbocycles. The Morgan fingerprint density at radius 1 is 1.68 bits per heavy atom. The van der Waals surface area contributed by atoms with E-state index in [1.165, 1.54) is 0 Å². The van der Waals surface area contributed by atoms with Crippen molar-refractivity contribution in [2.24, 2.45) is 5.92 Å². The number of likely N-dealkylation sites (tertiary alicyclic amines) is 1. The maximum Gasteiger partial charge on any atom is 0.246 e. The number of aryl methyl sites for hydroxylation is 1. The van der Waals surface area contributed by atoms with E-state index in [1.54, 1.807) is 30.5 Å². The lowest BCUT2D eigenvalue weighted by Gasteiger charge is -2.33. The first kappa shape index (κ1) is 14.2. The number of carbonyl (C=O) groups excluding carboxylic acids is 1. The number of aliphatic hydroxyl groups is 1. The van der Waals surface area contributed by atoms with Gasteiger partial charge in [-0.25, -0.2) is 4.98 Å². The molecular formula is C14H20N2O2S. The fourth-order valence-corrected chi connectivity index (χ4v) is 3.01. The van der Waals surface area contributed by atoms with Crippen LogP contribution in [-0.2, 0) is 4.79 Å². The number of piperidine rings is 1. The summed E-state index contributed by atoms with van der Waals surface area (Å²) >= 11 is 1.57. The first-order valence-corrected chi connectivity index (χ1v) is 7.45. The van der Waals surface area contributed by atoms with Gasteiger partial charge in [-0.05, 0) is 32.8 Å². The van der Waals surface area contributed by atoms with Gasteiger partial charge in [0.25, 0.3) is 0 Å². The Bertz CT molecular complexity index is 468. The van der Waals surface area contributed by atoms with E-state index in [0.717, 1.165) is 29.3 Å². The molecule has 104 valence electrons. The second-order valence-electron chi connectivity index (χ2n) is 5.04. The lowest BCUT2D eigenvalue weighted by atomic mass is 9.93. The number of rotatable bonds is 3. The summed E-state index contributed by atoms with van der Waals surface area (Å²) in [6.07, 6.45) is 6.83. The van der Waals surface area contributed by atoms with E-state index in [9.17, 15) is 9.90 Å². The largest absolute Gasteiger partial charge is 0.393 e. The Hall–Kier alpha value is -1.20. The van der Waals surface area contributed by atoms with Crippen LogP contribution >= 0.6 is 11.3 Å². The van der Waals surface area contributed by atoms with E-state index >= 15 is 0 Å². The van der Waals surface area contributed by atoms with Crippen LogP contribution in [0.4, 0.5) is 0 Å². The molecule has 2 unspecified atom stereocenters. The highest BCUT2D eigenvalue weighted by atomic mass is 32.1. The highest BCUT2D eigenvalue weighted by Crippen LogP contribution is 2.20. The van der Waals surface area contributed by atoms with E-state index in [1.807, 2.05) is 17.9 Å². The maximum atomic E-state index is 12.1. The quantitative estimate of drug-likeness (QED) is 0.863. The van der Waals surface area contributed by atoms with Crippen LogP contribution in [0, 0.1) is 12.8 Å². The first-order valence-electron chi connectivity index (χ1n) is 6.63. The second kappa shape index (κ2) is 6.30. The third kappa shape index (κ3) is 3.88. The van der Waals surface area contributed by atoms with E-state index in [-0.39, 0.29) is 17.9 Å². The molecule has 0 aliphatic carbocycles. The third-order valence-electron chi connectivity index (χ3n) is 3.48. The van der Waals surface area contributed by atoms with E-state index in [2.05, 4.69) is 4.98 Å². The molecule has 1 aromatic rings. The molecule has 0 bridgehead atoms. The summed E-state index contributed by atoms with van der Waals surface area (Å²) in [4.78, 5) is 19.1. The molecule has 1 fully saturated rings. The zero-order valence-corrected chi connectivity index (χ0v) is 12.2. The average Bonchev–Trinajstić information content (AvgIpc) is 2.82. The predicted molar refractivity (Wildman–Crippen MR) is 76.9 cm³/mol. The molecule has 1 saturated heterocycles. The average molecular weight is 280 g/mol. The Balaban J connectivity index is 1.94. The molecular weight excluding hydrogens is 260 g/mol. The van der Waals surface area contributed by atoms with E-state index in [4.69, 9.17) is 0 Å². The minimum Gasteiger partial charge on any atom is -0.393 e. The van der Waals surface area contributed by atoms with E-state index in [0.29, 0.717) is 6.54 Å². The van der Waals surface area contributed by atoms with Gasteiger partial charge in [-0.2, -0.15) is 0 Å². The van der Waals surface area contributed by atoms with Gasteiger partial charge in [-0.1, -0.05) is 0 Å². The van der Waals surface area contributed by atoms with Gasteiger partial charge in [0.05, 0.1) is 11.1 Å². The molecule has 1 aliphatic rings. The molecule has 2 atom stereocenters. The van der Waals surface area contributed by atoms with Crippen molar-refractivity contribution in [2.45, 2.75) is 32.8 Å². The van der Waals surface area contributed by atoms with Gasteiger partial charge in [0.1, 0.15) is 0 Å². The number of nitrogens with zero attached hydrogens (tertiary/aromatic N) is 2. The van der Waals surface area contributed by atoms with Crippen LogP contribution in [0.25, 0.3) is 6.08 Å². The molecule has 2 heterocycles. The second-order valence-corrected chi connectivity index (χ2v) is 6.31. The lowest BCUT2D eigenvalue weighted by molar-refractivity contribution is -0.128. The highest BCUT2D eigenvalue weighted by Gasteiger charge is 2.25. The van der Waals surface area contributed by atoms with Crippen molar-refractivity contribution in [3.63, 3.8) is 0 Å². The molecule has 1 amide bonds. The number of aliphatic hydroxyl groups excluding tert-OH is 1. The summed E-state index contributed by atoms with van der Waals surface area (Å²) in [6, 6.07) is 0.